The van der Waals surface area contributed by atoms with E-state index in [-0.39, 0.29) is 12.0 Å². The van der Waals surface area contributed by atoms with Crippen molar-refractivity contribution in [2.24, 2.45) is 0 Å². The van der Waals surface area contributed by atoms with E-state index in [1.165, 1.54) is 4.90 Å². The van der Waals surface area contributed by atoms with Crippen molar-refractivity contribution >= 4 is 5.91 Å². The average molecular weight is 158 g/mol. The van der Waals surface area contributed by atoms with Crippen LogP contribution in [0.15, 0.2) is 0 Å². The van der Waals surface area contributed by atoms with E-state index in [0.717, 1.165) is 0 Å². The Labute approximate surface area is 65.4 Å². The number of hydrogen-bond acceptors (Lipinski definition) is 2. The van der Waals surface area contributed by atoms with Crippen LogP contribution in [0.25, 0.3) is 0 Å². The Morgan fingerprint density at radius 3 is 2.45 bits per heavy atom. The van der Waals surface area contributed by atoms with Crippen LogP contribution in [0.4, 0.5) is 0 Å². The first-order valence-electron chi connectivity index (χ1n) is 3.78. The molecule has 4 heteroatoms. The maximum atomic E-state index is 10.8. The second-order valence-electron chi connectivity index (χ2n) is 2.76. The van der Waals surface area contributed by atoms with Gasteiger partial charge in [0.25, 0.3) is 5.91 Å². The second-order valence-corrected chi connectivity index (χ2v) is 2.76. The Hall–Kier alpha value is -0.610. The highest BCUT2D eigenvalue weighted by Crippen LogP contribution is 2.09. The molecule has 1 amide bonds. The zero-order valence-corrected chi connectivity index (χ0v) is 6.32. The average Bonchev–Trinajstić information content (AvgIpc) is 2.05. The molecular formula is C7H12NO3. The van der Waals surface area contributed by atoms with Crippen molar-refractivity contribution in [1.82, 2.24) is 4.90 Å². The van der Waals surface area contributed by atoms with E-state index in [9.17, 15) is 9.90 Å². The van der Waals surface area contributed by atoms with Gasteiger partial charge in [-0.2, -0.15) is 0 Å². The van der Waals surface area contributed by atoms with Crippen molar-refractivity contribution in [3.63, 3.8) is 0 Å². The maximum absolute atomic E-state index is 10.8. The van der Waals surface area contributed by atoms with Crippen LogP contribution in [0.5, 0.6) is 0 Å². The molecule has 0 atom stereocenters. The lowest BCUT2D eigenvalue weighted by Crippen LogP contribution is -2.41. The Morgan fingerprint density at radius 1 is 1.45 bits per heavy atom. The number of rotatable bonds is 1. The number of amides is 1. The SMILES string of the molecule is [O]CC(=O)N1CCC(O)CC1. The monoisotopic (exact) mass is 158 g/mol. The summed E-state index contributed by atoms with van der Waals surface area (Å²) in [6.45, 7) is 0.389. The molecule has 1 N–H and O–H groups in total. The fourth-order valence-electron chi connectivity index (χ4n) is 1.21. The summed E-state index contributed by atoms with van der Waals surface area (Å²) in [6, 6.07) is 0. The van der Waals surface area contributed by atoms with E-state index < -0.39 is 6.61 Å². The summed E-state index contributed by atoms with van der Waals surface area (Å²) in [7, 11) is 0. The molecule has 0 aromatic carbocycles. The first kappa shape index (κ1) is 8.49. The van der Waals surface area contributed by atoms with Gasteiger partial charge >= 0.3 is 0 Å². The topological polar surface area (TPSA) is 60.4 Å². The highest BCUT2D eigenvalue weighted by Gasteiger charge is 2.20. The summed E-state index contributed by atoms with van der Waals surface area (Å²) < 4.78 is 0. The van der Waals surface area contributed by atoms with Crippen molar-refractivity contribution in [3.05, 3.63) is 0 Å². The van der Waals surface area contributed by atoms with Gasteiger partial charge in [0.1, 0.15) is 0 Å². The summed E-state index contributed by atoms with van der Waals surface area (Å²) in [5, 5.41) is 19.2. The van der Waals surface area contributed by atoms with Gasteiger partial charge in [-0.15, -0.1) is 0 Å². The molecule has 0 saturated carbocycles. The molecule has 0 unspecified atom stereocenters. The number of aliphatic hydroxyl groups excluding tert-OH is 1. The normalized spacial score (nSPS) is 20.4. The Kier molecular flexibility index (Phi) is 2.84. The van der Waals surface area contributed by atoms with Gasteiger partial charge < -0.3 is 10.0 Å². The standard InChI is InChI=1S/C7H12NO3/c9-5-7(11)8-3-1-6(10)2-4-8/h6,10H,1-5H2. The van der Waals surface area contributed by atoms with Gasteiger partial charge in [-0.1, -0.05) is 0 Å². The van der Waals surface area contributed by atoms with Crippen LogP contribution < -0.4 is 0 Å². The van der Waals surface area contributed by atoms with Crippen LogP contribution >= 0.6 is 0 Å². The van der Waals surface area contributed by atoms with Crippen LogP contribution in [0.2, 0.25) is 0 Å². The highest BCUT2D eigenvalue weighted by molar-refractivity contribution is 5.77. The van der Waals surface area contributed by atoms with Crippen LogP contribution in [0, 0.1) is 0 Å². The first-order valence-corrected chi connectivity index (χ1v) is 3.78. The summed E-state index contributed by atoms with van der Waals surface area (Å²) >= 11 is 0. The predicted octanol–water partition coefficient (Wildman–Crippen LogP) is -0.600. The third kappa shape index (κ3) is 2.17. The number of piperidine rings is 1. The fourth-order valence-corrected chi connectivity index (χ4v) is 1.21. The molecule has 0 spiro atoms. The molecule has 1 aliphatic rings. The van der Waals surface area contributed by atoms with Gasteiger partial charge in [0.05, 0.1) is 6.10 Å². The summed E-state index contributed by atoms with van der Waals surface area (Å²) in [4.78, 5) is 12.3. The van der Waals surface area contributed by atoms with Crippen molar-refractivity contribution in [2.75, 3.05) is 19.7 Å². The Bertz CT molecular complexity index is 141. The zero-order valence-electron chi connectivity index (χ0n) is 6.32. The van der Waals surface area contributed by atoms with E-state index in [0.29, 0.717) is 25.9 Å². The number of aliphatic hydroxyl groups is 1. The van der Waals surface area contributed by atoms with Gasteiger partial charge in [0.15, 0.2) is 6.61 Å². The van der Waals surface area contributed by atoms with E-state index in [4.69, 9.17) is 5.11 Å². The number of carbonyl (C=O) groups excluding carboxylic acids is 1. The summed E-state index contributed by atoms with van der Waals surface area (Å²) in [6.07, 6.45) is 0.919. The van der Waals surface area contributed by atoms with Gasteiger partial charge in [0, 0.05) is 13.1 Å². The van der Waals surface area contributed by atoms with E-state index >= 15 is 0 Å². The largest absolute Gasteiger partial charge is 0.393 e. The fraction of sp³-hybridized carbons (Fsp3) is 0.857. The van der Waals surface area contributed by atoms with Crippen LogP contribution in [0.1, 0.15) is 12.8 Å². The zero-order chi connectivity index (χ0) is 8.27. The predicted molar refractivity (Wildman–Crippen MR) is 37.4 cm³/mol. The number of nitrogens with zero attached hydrogens (tertiary/aromatic N) is 1. The molecule has 4 nitrogen and oxygen atoms in total. The molecule has 0 bridgehead atoms. The third-order valence-corrected chi connectivity index (χ3v) is 1.94. The van der Waals surface area contributed by atoms with Crippen molar-refractivity contribution in [1.29, 1.82) is 0 Å². The molecular weight excluding hydrogens is 146 g/mol. The molecule has 1 saturated heterocycles. The van der Waals surface area contributed by atoms with Crippen LogP contribution in [-0.4, -0.2) is 41.7 Å². The first-order chi connectivity index (χ1) is 5.24. The Morgan fingerprint density at radius 2 is 2.00 bits per heavy atom. The molecule has 1 fully saturated rings. The number of likely N-dealkylation sites (tertiary alicyclic amines) is 1. The summed E-state index contributed by atoms with van der Waals surface area (Å²) in [5.74, 6) is -0.350. The quantitative estimate of drug-likeness (QED) is 0.554. The second kappa shape index (κ2) is 3.69. The van der Waals surface area contributed by atoms with Crippen LogP contribution in [0.3, 0.4) is 0 Å². The molecule has 1 aliphatic heterocycles. The number of carbonyl (C=O) groups is 1. The van der Waals surface area contributed by atoms with Gasteiger partial charge in [-0.25, -0.2) is 5.11 Å². The molecule has 63 valence electrons. The van der Waals surface area contributed by atoms with E-state index in [1.807, 2.05) is 0 Å². The molecule has 11 heavy (non-hydrogen) atoms. The van der Waals surface area contributed by atoms with Crippen molar-refractivity contribution in [3.8, 4) is 0 Å². The molecule has 0 aliphatic carbocycles. The minimum atomic E-state index is -0.671. The van der Waals surface area contributed by atoms with E-state index in [1.54, 1.807) is 0 Å². The molecule has 1 heterocycles. The number of hydrogen-bond donors (Lipinski definition) is 1. The van der Waals surface area contributed by atoms with Gasteiger partial charge in [-0.05, 0) is 12.8 Å². The third-order valence-electron chi connectivity index (χ3n) is 1.94. The van der Waals surface area contributed by atoms with Crippen molar-refractivity contribution < 1.29 is 15.0 Å². The van der Waals surface area contributed by atoms with Crippen molar-refractivity contribution in [2.45, 2.75) is 18.9 Å². The maximum Gasteiger partial charge on any atom is 0.251 e. The lowest BCUT2D eigenvalue weighted by Gasteiger charge is -2.28. The van der Waals surface area contributed by atoms with Gasteiger partial charge in [0.2, 0.25) is 0 Å². The van der Waals surface area contributed by atoms with Gasteiger partial charge in [-0.3, -0.25) is 4.79 Å². The molecule has 1 radical (unpaired) electrons. The van der Waals surface area contributed by atoms with E-state index in [2.05, 4.69) is 0 Å². The molecule has 0 aromatic rings. The minimum Gasteiger partial charge on any atom is -0.393 e. The molecule has 0 aromatic heterocycles. The lowest BCUT2D eigenvalue weighted by atomic mass is 10.1. The Balaban J connectivity index is 2.33. The van der Waals surface area contributed by atoms with Crippen LogP contribution in [-0.2, 0) is 9.90 Å². The highest BCUT2D eigenvalue weighted by atomic mass is 16.3. The minimum absolute atomic E-state index is 0.286. The summed E-state index contributed by atoms with van der Waals surface area (Å²) in [5.41, 5.74) is 0. The molecule has 1 rings (SSSR count). The smallest absolute Gasteiger partial charge is 0.251 e. The lowest BCUT2D eigenvalue weighted by molar-refractivity contribution is -0.138.